The molecule has 0 aromatic heterocycles. The van der Waals surface area contributed by atoms with Crippen molar-refractivity contribution in [1.82, 2.24) is 10.2 Å². The molecule has 126 valence electrons. The first-order chi connectivity index (χ1) is 11.0. The Morgan fingerprint density at radius 2 is 2.09 bits per heavy atom. The summed E-state index contributed by atoms with van der Waals surface area (Å²) >= 11 is 0. The van der Waals surface area contributed by atoms with Gasteiger partial charge in [-0.3, -0.25) is 4.79 Å². The van der Waals surface area contributed by atoms with Crippen LogP contribution in [0.4, 0.5) is 8.78 Å². The Kier molecular flexibility index (Phi) is 4.64. The summed E-state index contributed by atoms with van der Waals surface area (Å²) in [5.74, 6) is -1.49. The fourth-order valence-electron chi connectivity index (χ4n) is 3.04. The van der Waals surface area contributed by atoms with Gasteiger partial charge in [0.2, 0.25) is 0 Å². The van der Waals surface area contributed by atoms with Crippen LogP contribution in [0.2, 0.25) is 0 Å². The number of carbonyl (C=O) groups excluding carboxylic acids is 1. The summed E-state index contributed by atoms with van der Waals surface area (Å²) in [7, 11) is 0. The van der Waals surface area contributed by atoms with Gasteiger partial charge in [0.1, 0.15) is 0 Å². The normalized spacial score (nSPS) is 25.0. The molecule has 1 aromatic rings. The molecule has 1 aromatic carbocycles. The zero-order valence-electron chi connectivity index (χ0n) is 13.0. The minimum absolute atomic E-state index is 0.182. The maximum Gasteiger partial charge on any atom is 0.256 e. The first-order valence-electron chi connectivity index (χ1n) is 8.14. The Labute approximate surface area is 134 Å². The van der Waals surface area contributed by atoms with Crippen molar-refractivity contribution in [2.24, 2.45) is 5.92 Å². The van der Waals surface area contributed by atoms with Gasteiger partial charge in [-0.2, -0.15) is 0 Å². The van der Waals surface area contributed by atoms with Crippen LogP contribution >= 0.6 is 0 Å². The number of hydrogen-bond acceptors (Lipinski definition) is 3. The topological polar surface area (TPSA) is 52.6 Å². The Morgan fingerprint density at radius 3 is 2.78 bits per heavy atom. The lowest BCUT2D eigenvalue weighted by Gasteiger charge is -2.38. The Hall–Kier alpha value is -1.53. The number of piperidine rings is 1. The number of carbonyl (C=O) groups is 1. The fraction of sp³-hybridized carbons (Fsp3) is 0.588. The van der Waals surface area contributed by atoms with Crippen LogP contribution in [-0.4, -0.2) is 41.1 Å². The molecule has 1 aliphatic carbocycles. The summed E-state index contributed by atoms with van der Waals surface area (Å²) in [6.07, 6.45) is 3.54. The van der Waals surface area contributed by atoms with Gasteiger partial charge in [0.15, 0.2) is 17.2 Å². The van der Waals surface area contributed by atoms with E-state index < -0.39 is 17.2 Å². The summed E-state index contributed by atoms with van der Waals surface area (Å²) in [5, 5.41) is 13.8. The lowest BCUT2D eigenvalue weighted by atomic mass is 9.91. The van der Waals surface area contributed by atoms with Gasteiger partial charge in [-0.15, -0.1) is 0 Å². The number of amides is 1. The second-order valence-corrected chi connectivity index (χ2v) is 6.68. The standard InChI is InChI=1S/C17H22F2N2O2/c18-14-5-4-13(8-15(14)19)10-21-7-1-6-17(23,16(21)22)11-20-9-12-2-3-12/h4-5,8,12,20,23H,1-3,6-7,9-11H2/t17-/m1/s1. The number of rotatable bonds is 6. The molecule has 2 aliphatic rings. The van der Waals surface area contributed by atoms with E-state index in [9.17, 15) is 18.7 Å². The van der Waals surface area contributed by atoms with Gasteiger partial charge in [0.25, 0.3) is 5.91 Å². The van der Waals surface area contributed by atoms with E-state index in [4.69, 9.17) is 0 Å². The molecule has 2 fully saturated rings. The number of likely N-dealkylation sites (tertiary alicyclic amines) is 1. The largest absolute Gasteiger partial charge is 0.379 e. The summed E-state index contributed by atoms with van der Waals surface area (Å²) in [6.45, 7) is 1.78. The molecule has 1 atom stereocenters. The average molecular weight is 324 g/mol. The van der Waals surface area contributed by atoms with Crippen LogP contribution in [-0.2, 0) is 11.3 Å². The van der Waals surface area contributed by atoms with Crippen molar-refractivity contribution in [1.29, 1.82) is 0 Å². The third kappa shape index (κ3) is 3.87. The second-order valence-electron chi connectivity index (χ2n) is 6.68. The van der Waals surface area contributed by atoms with E-state index in [-0.39, 0.29) is 19.0 Å². The molecule has 4 nitrogen and oxygen atoms in total. The zero-order chi connectivity index (χ0) is 16.4. The number of hydrogen-bond donors (Lipinski definition) is 2. The predicted octanol–water partition coefficient (Wildman–Crippen LogP) is 1.82. The van der Waals surface area contributed by atoms with Gasteiger partial charge in [0, 0.05) is 19.6 Å². The SMILES string of the molecule is O=C1N(Cc2ccc(F)c(F)c2)CCC[C@@]1(O)CNCC1CC1. The number of nitrogens with zero attached hydrogens (tertiary/aromatic N) is 1. The minimum atomic E-state index is -1.40. The monoisotopic (exact) mass is 324 g/mol. The summed E-state index contributed by atoms with van der Waals surface area (Å²) in [5.41, 5.74) is -0.876. The molecule has 1 amide bonds. The van der Waals surface area contributed by atoms with Crippen LogP contribution in [0.5, 0.6) is 0 Å². The molecule has 1 saturated heterocycles. The van der Waals surface area contributed by atoms with Gasteiger partial charge in [-0.05, 0) is 55.8 Å². The van der Waals surface area contributed by atoms with Crippen molar-refractivity contribution in [2.75, 3.05) is 19.6 Å². The molecule has 6 heteroatoms. The zero-order valence-corrected chi connectivity index (χ0v) is 13.0. The highest BCUT2D eigenvalue weighted by molar-refractivity contribution is 5.86. The third-order valence-corrected chi connectivity index (χ3v) is 4.61. The van der Waals surface area contributed by atoms with Gasteiger partial charge >= 0.3 is 0 Å². The van der Waals surface area contributed by atoms with E-state index in [1.165, 1.54) is 23.8 Å². The first kappa shape index (κ1) is 16.3. The van der Waals surface area contributed by atoms with Gasteiger partial charge in [-0.1, -0.05) is 6.07 Å². The summed E-state index contributed by atoms with van der Waals surface area (Å²) < 4.78 is 26.3. The van der Waals surface area contributed by atoms with E-state index in [0.717, 1.165) is 18.7 Å². The first-order valence-corrected chi connectivity index (χ1v) is 8.14. The van der Waals surface area contributed by atoms with Crippen molar-refractivity contribution in [3.63, 3.8) is 0 Å². The average Bonchev–Trinajstić information content (AvgIpc) is 3.32. The van der Waals surface area contributed by atoms with Crippen LogP contribution in [0.3, 0.4) is 0 Å². The van der Waals surface area contributed by atoms with Gasteiger partial charge < -0.3 is 15.3 Å². The van der Waals surface area contributed by atoms with Crippen LogP contribution in [0.15, 0.2) is 18.2 Å². The summed E-state index contributed by atoms with van der Waals surface area (Å²) in [4.78, 5) is 14.1. The van der Waals surface area contributed by atoms with Crippen LogP contribution in [0.25, 0.3) is 0 Å². The minimum Gasteiger partial charge on any atom is -0.379 e. The van der Waals surface area contributed by atoms with Crippen molar-refractivity contribution in [3.05, 3.63) is 35.4 Å². The van der Waals surface area contributed by atoms with Gasteiger partial charge in [0.05, 0.1) is 0 Å². The van der Waals surface area contributed by atoms with Crippen molar-refractivity contribution in [3.8, 4) is 0 Å². The van der Waals surface area contributed by atoms with Crippen molar-refractivity contribution < 1.29 is 18.7 Å². The molecule has 23 heavy (non-hydrogen) atoms. The maximum atomic E-state index is 13.3. The smallest absolute Gasteiger partial charge is 0.256 e. The molecule has 0 spiro atoms. The van der Waals surface area contributed by atoms with Crippen LogP contribution in [0.1, 0.15) is 31.2 Å². The molecule has 0 unspecified atom stereocenters. The van der Waals surface area contributed by atoms with E-state index in [1.807, 2.05) is 0 Å². The Morgan fingerprint density at radius 1 is 1.30 bits per heavy atom. The molecule has 0 radical (unpaired) electrons. The molecular weight excluding hydrogens is 302 g/mol. The number of aliphatic hydroxyl groups is 1. The molecular formula is C17H22F2N2O2. The highest BCUT2D eigenvalue weighted by atomic mass is 19.2. The van der Waals surface area contributed by atoms with Crippen molar-refractivity contribution in [2.45, 2.75) is 37.8 Å². The van der Waals surface area contributed by atoms with Crippen LogP contribution in [0, 0.1) is 17.6 Å². The number of nitrogens with one attached hydrogen (secondary N) is 1. The highest BCUT2D eigenvalue weighted by Gasteiger charge is 2.42. The maximum absolute atomic E-state index is 13.3. The lowest BCUT2D eigenvalue weighted by Crippen LogP contribution is -2.57. The summed E-state index contributed by atoms with van der Waals surface area (Å²) in [6, 6.07) is 3.62. The van der Waals surface area contributed by atoms with E-state index in [0.29, 0.717) is 30.9 Å². The van der Waals surface area contributed by atoms with Crippen LogP contribution < -0.4 is 5.32 Å². The van der Waals surface area contributed by atoms with E-state index in [1.54, 1.807) is 0 Å². The predicted molar refractivity (Wildman–Crippen MR) is 81.6 cm³/mol. The third-order valence-electron chi connectivity index (χ3n) is 4.61. The van der Waals surface area contributed by atoms with E-state index >= 15 is 0 Å². The molecule has 2 N–H and O–H groups in total. The number of benzene rings is 1. The molecule has 0 bridgehead atoms. The van der Waals surface area contributed by atoms with Gasteiger partial charge in [-0.25, -0.2) is 8.78 Å². The Bertz CT molecular complexity index is 592. The number of halogens is 2. The Balaban J connectivity index is 1.62. The molecule has 1 aliphatic heterocycles. The quantitative estimate of drug-likeness (QED) is 0.839. The molecule has 3 rings (SSSR count). The second kappa shape index (κ2) is 6.53. The lowest BCUT2D eigenvalue weighted by molar-refractivity contribution is -0.157. The molecule has 1 heterocycles. The van der Waals surface area contributed by atoms with Crippen molar-refractivity contribution >= 4 is 5.91 Å². The highest BCUT2D eigenvalue weighted by Crippen LogP contribution is 2.28. The molecule has 1 saturated carbocycles. The fourth-order valence-corrected chi connectivity index (χ4v) is 3.04. The van der Waals surface area contributed by atoms with E-state index in [2.05, 4.69) is 5.32 Å².